The summed E-state index contributed by atoms with van der Waals surface area (Å²) in [5.74, 6) is 0. The van der Waals surface area contributed by atoms with Gasteiger partial charge in [0.05, 0.1) is 22.1 Å². The van der Waals surface area contributed by atoms with Crippen LogP contribution in [0.3, 0.4) is 0 Å². The van der Waals surface area contributed by atoms with E-state index in [1.807, 2.05) is 30.3 Å². The smallest absolute Gasteiger partial charge is 0.156 e. The highest BCUT2D eigenvalue weighted by atomic mass is 35.5. The van der Waals surface area contributed by atoms with Crippen LogP contribution in [0.4, 0.5) is 0 Å². The van der Waals surface area contributed by atoms with Gasteiger partial charge in [-0.3, -0.25) is 0 Å². The monoisotopic (exact) mass is 481 g/mol. The topological polar surface area (TPSA) is 30.7 Å². The van der Waals surface area contributed by atoms with Gasteiger partial charge in [-0.2, -0.15) is 0 Å². The third-order valence-electron chi connectivity index (χ3n) is 6.69. The number of hydrogen-bond acceptors (Lipinski definition) is 2. The Bertz CT molecular complexity index is 1890. The molecule has 5 aromatic carbocycles. The Morgan fingerprint density at radius 2 is 1.19 bits per heavy atom. The molecular formula is C32H20ClN3. The largest absolute Gasteiger partial charge is 0.309 e. The average molecular weight is 482 g/mol. The highest BCUT2D eigenvalue weighted by Gasteiger charge is 2.16. The second kappa shape index (κ2) is 8.33. The van der Waals surface area contributed by atoms with Gasteiger partial charge < -0.3 is 4.57 Å². The lowest BCUT2D eigenvalue weighted by Gasteiger charge is -2.10. The van der Waals surface area contributed by atoms with Crippen molar-refractivity contribution in [3.05, 3.63) is 126 Å². The molecule has 170 valence electrons. The van der Waals surface area contributed by atoms with Crippen molar-refractivity contribution in [1.29, 1.82) is 0 Å². The number of para-hydroxylation sites is 2. The lowest BCUT2D eigenvalue weighted by Crippen LogP contribution is -1.95. The maximum Gasteiger partial charge on any atom is 0.156 e. The number of halogens is 1. The van der Waals surface area contributed by atoms with Gasteiger partial charge in [-0.15, -0.1) is 0 Å². The molecule has 3 nitrogen and oxygen atoms in total. The number of nitrogens with zero attached hydrogens (tertiary/aromatic N) is 3. The molecule has 0 aliphatic carbocycles. The van der Waals surface area contributed by atoms with Gasteiger partial charge in [0.15, 0.2) is 5.15 Å². The molecule has 0 radical (unpaired) electrons. The molecule has 2 aromatic heterocycles. The maximum absolute atomic E-state index is 6.70. The first kappa shape index (κ1) is 20.9. The van der Waals surface area contributed by atoms with Gasteiger partial charge in [0.2, 0.25) is 0 Å². The fourth-order valence-electron chi connectivity index (χ4n) is 5.00. The molecule has 0 atom stereocenters. The summed E-state index contributed by atoms with van der Waals surface area (Å²) in [7, 11) is 0. The number of fused-ring (bicyclic) bond motifs is 4. The van der Waals surface area contributed by atoms with Crippen molar-refractivity contribution in [2.45, 2.75) is 0 Å². The third-order valence-corrected chi connectivity index (χ3v) is 6.95. The van der Waals surface area contributed by atoms with Crippen molar-refractivity contribution in [2.75, 3.05) is 0 Å². The minimum Gasteiger partial charge on any atom is -0.309 e. The number of hydrogen-bond donors (Lipinski definition) is 0. The summed E-state index contributed by atoms with van der Waals surface area (Å²) in [5.41, 5.74) is 8.85. The Morgan fingerprint density at radius 1 is 0.500 bits per heavy atom. The molecular weight excluding hydrogens is 462 g/mol. The van der Waals surface area contributed by atoms with Gasteiger partial charge in [-0.05, 0) is 47.5 Å². The summed E-state index contributed by atoms with van der Waals surface area (Å²) in [4.78, 5) is 9.68. The van der Waals surface area contributed by atoms with E-state index in [2.05, 4.69) is 101 Å². The summed E-state index contributed by atoms with van der Waals surface area (Å²) in [6.07, 6.45) is 0. The predicted octanol–water partition coefficient (Wildman–Crippen LogP) is 8.71. The van der Waals surface area contributed by atoms with E-state index in [0.717, 1.165) is 38.9 Å². The Kier molecular flexibility index (Phi) is 4.83. The van der Waals surface area contributed by atoms with Crippen molar-refractivity contribution in [3.8, 4) is 28.1 Å². The van der Waals surface area contributed by atoms with Crippen molar-refractivity contribution < 1.29 is 0 Å². The molecule has 0 spiro atoms. The van der Waals surface area contributed by atoms with Crippen LogP contribution in [0.1, 0.15) is 0 Å². The number of aromatic nitrogens is 3. The van der Waals surface area contributed by atoms with Crippen molar-refractivity contribution in [1.82, 2.24) is 14.5 Å². The van der Waals surface area contributed by atoms with Crippen LogP contribution < -0.4 is 0 Å². The fraction of sp³-hybridized carbons (Fsp3) is 0. The highest BCUT2D eigenvalue weighted by molar-refractivity contribution is 6.32. The molecule has 7 rings (SSSR count). The van der Waals surface area contributed by atoms with Crippen molar-refractivity contribution in [3.63, 3.8) is 0 Å². The molecule has 0 aliphatic rings. The van der Waals surface area contributed by atoms with Crippen LogP contribution in [0.15, 0.2) is 121 Å². The van der Waals surface area contributed by atoms with E-state index in [-0.39, 0.29) is 0 Å². The van der Waals surface area contributed by atoms with E-state index >= 15 is 0 Å². The minimum absolute atomic E-state index is 0.400. The molecule has 0 unspecified atom stereocenters. The molecule has 0 amide bonds. The SMILES string of the molecule is Clc1nc2ccc(-c3ccccc3)cc2nc1-c1ccc2c3ccccc3n(-c3ccccc3)c2c1. The molecule has 0 aliphatic heterocycles. The first-order valence-electron chi connectivity index (χ1n) is 11.9. The van der Waals surface area contributed by atoms with Crippen molar-refractivity contribution >= 4 is 44.4 Å². The van der Waals surface area contributed by atoms with E-state index in [9.17, 15) is 0 Å². The summed E-state index contributed by atoms with van der Waals surface area (Å²) in [6, 6.07) is 41.8. The molecule has 0 fully saturated rings. The number of benzene rings is 5. The molecule has 4 heteroatoms. The van der Waals surface area contributed by atoms with Gasteiger partial charge in [0.1, 0.15) is 5.69 Å². The number of rotatable bonds is 3. The Hall–Kier alpha value is -4.47. The molecule has 0 saturated heterocycles. The highest BCUT2D eigenvalue weighted by Crippen LogP contribution is 2.36. The van der Waals surface area contributed by atoms with Crippen LogP contribution in [0, 0.1) is 0 Å². The Balaban J connectivity index is 1.45. The zero-order valence-electron chi connectivity index (χ0n) is 19.3. The Morgan fingerprint density at radius 3 is 2.03 bits per heavy atom. The summed E-state index contributed by atoms with van der Waals surface area (Å²) >= 11 is 6.70. The van der Waals surface area contributed by atoms with Crippen LogP contribution in [-0.4, -0.2) is 14.5 Å². The van der Waals surface area contributed by atoms with Gasteiger partial charge in [-0.1, -0.05) is 96.5 Å². The lowest BCUT2D eigenvalue weighted by molar-refractivity contribution is 1.18. The van der Waals surface area contributed by atoms with Crippen LogP contribution in [0.2, 0.25) is 5.15 Å². The van der Waals surface area contributed by atoms with Gasteiger partial charge in [-0.25, -0.2) is 9.97 Å². The predicted molar refractivity (Wildman–Crippen MR) is 150 cm³/mol. The van der Waals surface area contributed by atoms with Crippen LogP contribution >= 0.6 is 11.6 Å². The van der Waals surface area contributed by atoms with Crippen molar-refractivity contribution in [2.24, 2.45) is 0 Å². The normalized spacial score (nSPS) is 11.5. The first-order chi connectivity index (χ1) is 17.8. The minimum atomic E-state index is 0.400. The maximum atomic E-state index is 6.70. The Labute approximate surface area is 213 Å². The third kappa shape index (κ3) is 3.36. The fourth-order valence-corrected chi connectivity index (χ4v) is 5.24. The molecule has 2 heterocycles. The molecule has 0 saturated carbocycles. The van der Waals surface area contributed by atoms with E-state index in [1.165, 1.54) is 16.3 Å². The van der Waals surface area contributed by atoms with Crippen LogP contribution in [0.5, 0.6) is 0 Å². The summed E-state index contributed by atoms with van der Waals surface area (Å²) in [6.45, 7) is 0. The summed E-state index contributed by atoms with van der Waals surface area (Å²) in [5, 5.41) is 2.80. The first-order valence-corrected chi connectivity index (χ1v) is 12.3. The van der Waals surface area contributed by atoms with Crippen LogP contribution in [-0.2, 0) is 0 Å². The van der Waals surface area contributed by atoms with E-state index in [0.29, 0.717) is 10.8 Å². The summed E-state index contributed by atoms with van der Waals surface area (Å²) < 4.78 is 2.30. The zero-order valence-corrected chi connectivity index (χ0v) is 20.0. The second-order valence-electron chi connectivity index (χ2n) is 8.85. The van der Waals surface area contributed by atoms with Crippen LogP contribution in [0.25, 0.3) is 60.9 Å². The average Bonchev–Trinajstić information content (AvgIpc) is 3.27. The molecule has 7 aromatic rings. The van der Waals surface area contributed by atoms with E-state index < -0.39 is 0 Å². The van der Waals surface area contributed by atoms with Gasteiger partial charge >= 0.3 is 0 Å². The molecule has 0 bridgehead atoms. The zero-order chi connectivity index (χ0) is 24.1. The van der Waals surface area contributed by atoms with E-state index in [4.69, 9.17) is 16.6 Å². The quantitative estimate of drug-likeness (QED) is 0.252. The molecule has 36 heavy (non-hydrogen) atoms. The van der Waals surface area contributed by atoms with Gasteiger partial charge in [0.25, 0.3) is 0 Å². The lowest BCUT2D eigenvalue weighted by atomic mass is 10.0. The van der Waals surface area contributed by atoms with Gasteiger partial charge in [0, 0.05) is 22.0 Å². The molecule has 0 N–H and O–H groups in total. The standard InChI is InChI=1S/C32H20ClN3/c33-32-31(34-28-19-22(16-18-27(28)35-32)21-9-3-1-4-10-21)23-15-17-26-25-13-7-8-14-29(25)36(30(26)20-23)24-11-5-2-6-12-24/h1-20H. The second-order valence-corrected chi connectivity index (χ2v) is 9.21. The van der Waals surface area contributed by atoms with E-state index in [1.54, 1.807) is 0 Å².